The van der Waals surface area contributed by atoms with Crippen molar-refractivity contribution >= 4 is 5.82 Å². The second kappa shape index (κ2) is 3.92. The summed E-state index contributed by atoms with van der Waals surface area (Å²) >= 11 is 0. The van der Waals surface area contributed by atoms with Gasteiger partial charge in [-0.25, -0.2) is 9.97 Å². The van der Waals surface area contributed by atoms with Crippen molar-refractivity contribution in [1.29, 1.82) is 0 Å². The van der Waals surface area contributed by atoms with Crippen molar-refractivity contribution in [3.05, 3.63) is 17.6 Å². The molecule has 0 saturated heterocycles. The van der Waals surface area contributed by atoms with E-state index in [1.807, 2.05) is 0 Å². The molecule has 0 aromatic carbocycles. The molecule has 2 rings (SSSR count). The van der Waals surface area contributed by atoms with Crippen LogP contribution in [0.5, 0.6) is 0 Å². The van der Waals surface area contributed by atoms with E-state index in [9.17, 15) is 0 Å². The zero-order valence-electron chi connectivity index (χ0n) is 8.24. The number of anilines is 1. The fraction of sp³-hybridized carbons (Fsp3) is 0.600. The molecule has 4 N–H and O–H groups in total. The molecule has 1 fully saturated rings. The van der Waals surface area contributed by atoms with Gasteiger partial charge in [0.2, 0.25) is 0 Å². The molecule has 1 aromatic rings. The lowest BCUT2D eigenvalue weighted by Crippen LogP contribution is -2.09. The molecule has 1 aliphatic rings. The Bertz CT molecular complexity index is 318. The molecule has 1 aromatic heterocycles. The second-order valence-electron chi connectivity index (χ2n) is 3.82. The maximum absolute atomic E-state index is 5.77. The van der Waals surface area contributed by atoms with Crippen LogP contribution in [-0.4, -0.2) is 9.97 Å². The molecule has 1 saturated carbocycles. The van der Waals surface area contributed by atoms with Gasteiger partial charge < -0.3 is 11.5 Å². The summed E-state index contributed by atoms with van der Waals surface area (Å²) in [4.78, 5) is 8.63. The van der Waals surface area contributed by atoms with Crippen molar-refractivity contribution in [2.24, 2.45) is 5.73 Å². The Balaban J connectivity index is 2.23. The van der Waals surface area contributed by atoms with Crippen molar-refractivity contribution in [1.82, 2.24) is 9.97 Å². The normalized spacial score (nSPS) is 17.5. The number of nitrogens with two attached hydrogens (primary N) is 2. The third kappa shape index (κ3) is 1.70. The topological polar surface area (TPSA) is 77.8 Å². The van der Waals surface area contributed by atoms with Crippen LogP contribution >= 0.6 is 0 Å². The largest absolute Gasteiger partial charge is 0.383 e. The third-order valence-corrected chi connectivity index (χ3v) is 2.86. The molecule has 1 aliphatic carbocycles. The number of rotatable bonds is 2. The first kappa shape index (κ1) is 9.40. The SMILES string of the molecule is NCc1cnc(C2CCCC2)nc1N. The van der Waals surface area contributed by atoms with Gasteiger partial charge in [0, 0.05) is 24.2 Å². The lowest BCUT2D eigenvalue weighted by atomic mass is 10.1. The van der Waals surface area contributed by atoms with Gasteiger partial charge in [0.05, 0.1) is 0 Å². The van der Waals surface area contributed by atoms with Crippen LogP contribution in [0, 0.1) is 0 Å². The van der Waals surface area contributed by atoms with Crippen LogP contribution in [0.3, 0.4) is 0 Å². The van der Waals surface area contributed by atoms with Gasteiger partial charge in [-0.15, -0.1) is 0 Å². The molecule has 4 nitrogen and oxygen atoms in total. The van der Waals surface area contributed by atoms with E-state index in [1.165, 1.54) is 25.7 Å². The van der Waals surface area contributed by atoms with Crippen LogP contribution in [0.4, 0.5) is 5.82 Å². The molecule has 0 bridgehead atoms. The first-order chi connectivity index (χ1) is 6.81. The lowest BCUT2D eigenvalue weighted by molar-refractivity contribution is 0.667. The Kier molecular flexibility index (Phi) is 2.63. The highest BCUT2D eigenvalue weighted by molar-refractivity contribution is 5.37. The minimum absolute atomic E-state index is 0.413. The predicted molar refractivity (Wildman–Crippen MR) is 55.5 cm³/mol. The lowest BCUT2D eigenvalue weighted by Gasteiger charge is -2.09. The monoisotopic (exact) mass is 192 g/mol. The Morgan fingerprint density at radius 2 is 2.07 bits per heavy atom. The Labute approximate surface area is 83.7 Å². The summed E-state index contributed by atoms with van der Waals surface area (Å²) in [6.45, 7) is 0.413. The summed E-state index contributed by atoms with van der Waals surface area (Å²) in [6.07, 6.45) is 6.72. The third-order valence-electron chi connectivity index (χ3n) is 2.86. The van der Waals surface area contributed by atoms with E-state index in [4.69, 9.17) is 11.5 Å². The van der Waals surface area contributed by atoms with E-state index in [1.54, 1.807) is 6.20 Å². The zero-order chi connectivity index (χ0) is 9.97. The summed E-state index contributed by atoms with van der Waals surface area (Å²) in [5, 5.41) is 0. The zero-order valence-corrected chi connectivity index (χ0v) is 8.24. The van der Waals surface area contributed by atoms with E-state index in [0.717, 1.165) is 11.4 Å². The maximum Gasteiger partial charge on any atom is 0.133 e. The minimum Gasteiger partial charge on any atom is -0.383 e. The molecular formula is C10H16N4. The van der Waals surface area contributed by atoms with Crippen LogP contribution in [0.15, 0.2) is 6.20 Å². The number of hydrogen-bond donors (Lipinski definition) is 2. The Morgan fingerprint density at radius 1 is 1.36 bits per heavy atom. The molecular weight excluding hydrogens is 176 g/mol. The van der Waals surface area contributed by atoms with Gasteiger partial charge in [0.1, 0.15) is 11.6 Å². The van der Waals surface area contributed by atoms with E-state index in [2.05, 4.69) is 9.97 Å². The van der Waals surface area contributed by atoms with Crippen LogP contribution in [0.2, 0.25) is 0 Å². The van der Waals surface area contributed by atoms with Gasteiger partial charge in [0.15, 0.2) is 0 Å². The van der Waals surface area contributed by atoms with Crippen molar-refractivity contribution in [3.8, 4) is 0 Å². The van der Waals surface area contributed by atoms with Gasteiger partial charge in [-0.05, 0) is 12.8 Å². The molecule has 76 valence electrons. The van der Waals surface area contributed by atoms with Gasteiger partial charge >= 0.3 is 0 Å². The van der Waals surface area contributed by atoms with Gasteiger partial charge in [0.25, 0.3) is 0 Å². The first-order valence-corrected chi connectivity index (χ1v) is 5.12. The van der Waals surface area contributed by atoms with Crippen molar-refractivity contribution in [3.63, 3.8) is 0 Å². The highest BCUT2D eigenvalue weighted by atomic mass is 15.0. The number of nitrogens with zero attached hydrogens (tertiary/aromatic N) is 2. The standard InChI is InChI=1S/C10H16N4/c11-5-8-6-13-10(14-9(8)12)7-3-1-2-4-7/h6-7H,1-5,11H2,(H2,12,13,14). The van der Waals surface area contributed by atoms with Gasteiger partial charge in [-0.2, -0.15) is 0 Å². The van der Waals surface area contributed by atoms with Gasteiger partial charge in [-0.1, -0.05) is 12.8 Å². The molecule has 4 heteroatoms. The second-order valence-corrected chi connectivity index (χ2v) is 3.82. The minimum atomic E-state index is 0.413. The van der Waals surface area contributed by atoms with E-state index >= 15 is 0 Å². The molecule has 0 radical (unpaired) electrons. The molecule has 14 heavy (non-hydrogen) atoms. The number of aromatic nitrogens is 2. The quantitative estimate of drug-likeness (QED) is 0.737. The van der Waals surface area contributed by atoms with Crippen molar-refractivity contribution in [2.75, 3.05) is 5.73 Å². The number of nitrogen functional groups attached to an aromatic ring is 1. The van der Waals surface area contributed by atoms with Crippen molar-refractivity contribution < 1.29 is 0 Å². The van der Waals surface area contributed by atoms with E-state index in [0.29, 0.717) is 18.3 Å². The van der Waals surface area contributed by atoms with Crippen LogP contribution in [-0.2, 0) is 6.54 Å². The average Bonchev–Trinajstić information content (AvgIpc) is 2.70. The smallest absolute Gasteiger partial charge is 0.133 e. The highest BCUT2D eigenvalue weighted by Crippen LogP contribution is 2.32. The molecule has 0 spiro atoms. The maximum atomic E-state index is 5.77. The van der Waals surface area contributed by atoms with E-state index in [-0.39, 0.29) is 0 Å². The molecule has 0 unspecified atom stereocenters. The average molecular weight is 192 g/mol. The van der Waals surface area contributed by atoms with Gasteiger partial charge in [-0.3, -0.25) is 0 Å². The molecule has 1 heterocycles. The highest BCUT2D eigenvalue weighted by Gasteiger charge is 2.20. The summed E-state index contributed by atoms with van der Waals surface area (Å²) in [6, 6.07) is 0. The molecule has 0 aliphatic heterocycles. The summed E-state index contributed by atoms with van der Waals surface area (Å²) in [7, 11) is 0. The Hall–Kier alpha value is -1.16. The molecule has 0 atom stereocenters. The number of hydrogen-bond acceptors (Lipinski definition) is 4. The predicted octanol–water partition coefficient (Wildman–Crippen LogP) is 1.18. The fourth-order valence-corrected chi connectivity index (χ4v) is 1.97. The first-order valence-electron chi connectivity index (χ1n) is 5.12. The summed E-state index contributed by atoms with van der Waals surface area (Å²) < 4.78 is 0. The summed E-state index contributed by atoms with van der Waals surface area (Å²) in [5.74, 6) is 1.96. The fourth-order valence-electron chi connectivity index (χ4n) is 1.97. The van der Waals surface area contributed by atoms with Crippen LogP contribution in [0.25, 0.3) is 0 Å². The van der Waals surface area contributed by atoms with Crippen molar-refractivity contribution in [2.45, 2.75) is 38.1 Å². The van der Waals surface area contributed by atoms with Crippen LogP contribution < -0.4 is 11.5 Å². The molecule has 0 amide bonds. The summed E-state index contributed by atoms with van der Waals surface area (Å²) in [5.41, 5.74) is 12.1. The Morgan fingerprint density at radius 3 is 2.64 bits per heavy atom. The van der Waals surface area contributed by atoms with E-state index < -0.39 is 0 Å². The van der Waals surface area contributed by atoms with Crippen LogP contribution in [0.1, 0.15) is 43.0 Å².